The molecule has 2 aromatic carbocycles. The number of hydrogen-bond acceptors (Lipinski definition) is 5. The van der Waals surface area contributed by atoms with Gasteiger partial charge in [-0.05, 0) is 62.3 Å². The number of morpholine rings is 1. The Balaban J connectivity index is 1.38. The Morgan fingerprint density at radius 2 is 1.79 bits per heavy atom. The highest BCUT2D eigenvalue weighted by molar-refractivity contribution is 5.88. The first kappa shape index (κ1) is 26.9. The van der Waals surface area contributed by atoms with E-state index in [1.807, 2.05) is 50.2 Å². The van der Waals surface area contributed by atoms with Gasteiger partial charge in [0.25, 0.3) is 11.5 Å². The molecule has 2 aliphatic heterocycles. The molecule has 2 amide bonds. The number of nitrogens with zero attached hydrogens (tertiary/aromatic N) is 3. The van der Waals surface area contributed by atoms with Crippen LogP contribution in [0.15, 0.2) is 53.3 Å². The van der Waals surface area contributed by atoms with E-state index in [0.29, 0.717) is 26.1 Å². The fourth-order valence-corrected chi connectivity index (χ4v) is 5.88. The Morgan fingerprint density at radius 3 is 2.64 bits per heavy atom. The summed E-state index contributed by atoms with van der Waals surface area (Å²) >= 11 is 0. The molecule has 206 valence electrons. The van der Waals surface area contributed by atoms with E-state index in [2.05, 4.69) is 6.07 Å². The summed E-state index contributed by atoms with van der Waals surface area (Å²) in [6.45, 7) is 5.40. The van der Waals surface area contributed by atoms with Crippen molar-refractivity contribution in [1.82, 2.24) is 14.4 Å². The molecule has 0 N–H and O–H groups in total. The fraction of sp³-hybridized carbons (Fsp3) is 0.452. The van der Waals surface area contributed by atoms with Crippen molar-refractivity contribution in [1.29, 1.82) is 0 Å². The van der Waals surface area contributed by atoms with Crippen molar-refractivity contribution in [2.24, 2.45) is 0 Å². The van der Waals surface area contributed by atoms with Crippen molar-refractivity contribution in [2.75, 3.05) is 39.9 Å². The van der Waals surface area contributed by atoms with E-state index in [-0.39, 0.29) is 37.1 Å². The second-order valence-electron chi connectivity index (χ2n) is 10.8. The van der Waals surface area contributed by atoms with Gasteiger partial charge in [0.15, 0.2) is 5.60 Å². The van der Waals surface area contributed by atoms with Gasteiger partial charge in [0.2, 0.25) is 5.91 Å². The molecule has 8 heteroatoms. The summed E-state index contributed by atoms with van der Waals surface area (Å²) < 4.78 is 13.8. The molecule has 1 atom stereocenters. The summed E-state index contributed by atoms with van der Waals surface area (Å²) in [6, 6.07) is 15.5. The Morgan fingerprint density at radius 1 is 0.974 bits per heavy atom. The Hall–Kier alpha value is -3.65. The van der Waals surface area contributed by atoms with Crippen LogP contribution in [0.25, 0.3) is 10.9 Å². The molecule has 1 saturated heterocycles. The average Bonchev–Trinajstić information content (AvgIpc) is 2.93. The van der Waals surface area contributed by atoms with E-state index < -0.39 is 5.60 Å². The largest absolute Gasteiger partial charge is 0.491 e. The van der Waals surface area contributed by atoms with Gasteiger partial charge in [-0.1, -0.05) is 36.4 Å². The maximum atomic E-state index is 13.8. The van der Waals surface area contributed by atoms with Gasteiger partial charge >= 0.3 is 0 Å². The highest BCUT2D eigenvalue weighted by atomic mass is 16.5. The molecule has 1 fully saturated rings. The van der Waals surface area contributed by atoms with Crippen LogP contribution in [0.1, 0.15) is 36.0 Å². The third kappa shape index (κ3) is 5.43. The molecule has 0 aliphatic carbocycles. The van der Waals surface area contributed by atoms with E-state index in [9.17, 15) is 14.4 Å². The van der Waals surface area contributed by atoms with Crippen LogP contribution in [-0.4, -0.2) is 71.7 Å². The van der Waals surface area contributed by atoms with Gasteiger partial charge < -0.3 is 19.3 Å². The van der Waals surface area contributed by atoms with Crippen molar-refractivity contribution in [3.05, 3.63) is 75.6 Å². The number of aromatic nitrogens is 1. The van der Waals surface area contributed by atoms with Gasteiger partial charge in [-0.2, -0.15) is 0 Å². The maximum Gasteiger partial charge on any atom is 0.256 e. The summed E-state index contributed by atoms with van der Waals surface area (Å²) in [5, 5.41) is 0.959. The topological polar surface area (TPSA) is 81.1 Å². The number of hydrogen-bond donors (Lipinski definition) is 0. The molecule has 3 heterocycles. The number of pyridine rings is 1. The fourth-order valence-electron chi connectivity index (χ4n) is 5.88. The predicted molar refractivity (Wildman–Crippen MR) is 150 cm³/mol. The molecule has 2 aliphatic rings. The van der Waals surface area contributed by atoms with Crippen molar-refractivity contribution in [2.45, 2.75) is 51.7 Å². The van der Waals surface area contributed by atoms with E-state index in [4.69, 9.17) is 9.47 Å². The molecule has 3 aromatic rings. The Bertz CT molecular complexity index is 1450. The zero-order chi connectivity index (χ0) is 27.6. The smallest absolute Gasteiger partial charge is 0.256 e. The number of rotatable bonds is 2. The molecule has 0 radical (unpaired) electrons. The van der Waals surface area contributed by atoms with E-state index >= 15 is 0 Å². The highest BCUT2D eigenvalue weighted by Gasteiger charge is 2.46. The van der Waals surface area contributed by atoms with E-state index in [0.717, 1.165) is 52.6 Å². The first-order valence-electron chi connectivity index (χ1n) is 13.8. The maximum absolute atomic E-state index is 13.8. The van der Waals surface area contributed by atoms with E-state index in [1.54, 1.807) is 27.5 Å². The minimum atomic E-state index is -1.11. The van der Waals surface area contributed by atoms with Crippen LogP contribution in [0.5, 0.6) is 5.75 Å². The van der Waals surface area contributed by atoms with Crippen molar-refractivity contribution in [3.8, 4) is 5.75 Å². The lowest BCUT2D eigenvalue weighted by molar-refractivity contribution is -0.175. The molecule has 0 saturated carbocycles. The van der Waals surface area contributed by atoms with Crippen LogP contribution in [0.2, 0.25) is 0 Å². The quantitative estimate of drug-likeness (QED) is 0.506. The minimum absolute atomic E-state index is 0.0782. The summed E-state index contributed by atoms with van der Waals surface area (Å²) in [6.07, 6.45) is 3.02. The molecular weight excluding hydrogens is 494 g/mol. The van der Waals surface area contributed by atoms with E-state index in [1.165, 1.54) is 0 Å². The third-order valence-electron chi connectivity index (χ3n) is 8.04. The highest BCUT2D eigenvalue weighted by Crippen LogP contribution is 2.29. The molecule has 8 nitrogen and oxygen atoms in total. The van der Waals surface area contributed by atoms with Crippen molar-refractivity contribution in [3.63, 3.8) is 0 Å². The van der Waals surface area contributed by atoms with Gasteiger partial charge in [-0.25, -0.2) is 0 Å². The van der Waals surface area contributed by atoms with Crippen molar-refractivity contribution < 1.29 is 19.1 Å². The van der Waals surface area contributed by atoms with Crippen molar-refractivity contribution >= 4 is 22.7 Å². The molecular formula is C31H37N3O5. The molecule has 39 heavy (non-hydrogen) atoms. The summed E-state index contributed by atoms with van der Waals surface area (Å²) in [7, 11) is 1.76. The van der Waals surface area contributed by atoms with Gasteiger partial charge in [0.1, 0.15) is 18.9 Å². The second-order valence-corrected chi connectivity index (χ2v) is 10.8. The first-order valence-corrected chi connectivity index (χ1v) is 13.8. The first-order chi connectivity index (χ1) is 18.8. The standard InChI is InChI=1S/C31H37N3O5/c1-22-9-8-12-25-23(2)19-27(35)34(29(22)25)20-28(36)33-16-18-39-31(21-33)14-7-6-11-24-10-4-5-13-26(24)38-17-15-32(3)30(31)37/h4-5,8-10,12-13,19H,6-7,11,14-18,20-21H2,1-3H3. The summed E-state index contributed by atoms with van der Waals surface area (Å²) in [5.41, 5.74) is 2.46. The second kappa shape index (κ2) is 11.2. The molecule has 1 spiro atoms. The Labute approximate surface area is 229 Å². The van der Waals surface area contributed by atoms with Gasteiger partial charge in [0, 0.05) is 25.0 Å². The number of para-hydroxylation sites is 2. The molecule has 0 bridgehead atoms. The van der Waals surface area contributed by atoms with Crippen LogP contribution in [0, 0.1) is 13.8 Å². The number of aryl methyl sites for hydroxylation is 3. The lowest BCUT2D eigenvalue weighted by Crippen LogP contribution is -2.61. The number of likely N-dealkylation sites (N-methyl/N-ethyl adjacent to an activating group) is 1. The zero-order valence-electron chi connectivity index (χ0n) is 23.1. The predicted octanol–water partition coefficient (Wildman–Crippen LogP) is 3.48. The van der Waals surface area contributed by atoms with Gasteiger partial charge in [-0.3, -0.25) is 19.0 Å². The minimum Gasteiger partial charge on any atom is -0.491 e. The lowest BCUT2D eigenvalue weighted by Gasteiger charge is -2.43. The number of benzene rings is 2. The lowest BCUT2D eigenvalue weighted by atomic mass is 9.91. The van der Waals surface area contributed by atoms with Gasteiger partial charge in [-0.15, -0.1) is 0 Å². The summed E-state index contributed by atoms with van der Waals surface area (Å²) in [4.78, 5) is 43.8. The monoisotopic (exact) mass is 531 g/mol. The number of carbonyl (C=O) groups is 2. The molecule has 1 aromatic heterocycles. The number of ether oxygens (including phenoxy) is 2. The van der Waals surface area contributed by atoms with Gasteiger partial charge in [0.05, 0.1) is 25.2 Å². The van der Waals surface area contributed by atoms with Crippen LogP contribution in [-0.2, 0) is 27.3 Å². The average molecular weight is 532 g/mol. The third-order valence-corrected chi connectivity index (χ3v) is 8.04. The summed E-state index contributed by atoms with van der Waals surface area (Å²) in [5.74, 6) is 0.548. The molecule has 1 unspecified atom stereocenters. The van der Waals surface area contributed by atoms with Crippen LogP contribution in [0.4, 0.5) is 0 Å². The van der Waals surface area contributed by atoms with Crippen LogP contribution in [0.3, 0.4) is 0 Å². The van der Waals surface area contributed by atoms with Crippen LogP contribution >= 0.6 is 0 Å². The normalized spacial score (nSPS) is 20.7. The van der Waals surface area contributed by atoms with Crippen LogP contribution < -0.4 is 10.3 Å². The number of fused-ring (bicyclic) bond motifs is 2. The number of amides is 2. The zero-order valence-corrected chi connectivity index (χ0v) is 23.1. The SMILES string of the molecule is Cc1cc(=O)n(CC(=O)N2CCOC3(CCCCc4ccccc4OCCN(C)C3=O)C2)c2c(C)cccc12. The number of carbonyl (C=O) groups excluding carboxylic acids is 2. The molecule has 5 rings (SSSR count). The Kier molecular flexibility index (Phi) is 7.75.